The van der Waals surface area contributed by atoms with Gasteiger partial charge in [-0.1, -0.05) is 0 Å². The van der Waals surface area contributed by atoms with Crippen LogP contribution in [0, 0.1) is 11.3 Å². The minimum Gasteiger partial charge on any atom is -0.399 e. The van der Waals surface area contributed by atoms with Crippen molar-refractivity contribution < 1.29 is 10.2 Å². The predicted octanol–water partition coefficient (Wildman–Crippen LogP) is -0.0685. The minimum absolute atomic E-state index is 0.0325. The SMILES string of the molecule is N#Cc1cc(N)ccc1N(CCO)CCO. The van der Waals surface area contributed by atoms with Gasteiger partial charge in [0.15, 0.2) is 0 Å². The number of aliphatic hydroxyl groups excluding tert-OH is 2. The molecule has 5 heteroatoms. The molecule has 0 aromatic heterocycles. The van der Waals surface area contributed by atoms with Gasteiger partial charge in [-0.3, -0.25) is 0 Å². The van der Waals surface area contributed by atoms with Crippen LogP contribution < -0.4 is 10.6 Å². The molecule has 0 aliphatic carbocycles. The fourth-order valence-corrected chi connectivity index (χ4v) is 1.51. The molecule has 0 atom stereocenters. The molecule has 0 fully saturated rings. The van der Waals surface area contributed by atoms with E-state index >= 15 is 0 Å². The maximum absolute atomic E-state index is 8.97. The molecule has 16 heavy (non-hydrogen) atoms. The smallest absolute Gasteiger partial charge is 0.101 e. The number of nitriles is 1. The number of rotatable bonds is 5. The topological polar surface area (TPSA) is 93.5 Å². The van der Waals surface area contributed by atoms with Crippen molar-refractivity contribution in [3.63, 3.8) is 0 Å². The molecule has 0 unspecified atom stereocenters. The van der Waals surface area contributed by atoms with Crippen molar-refractivity contribution in [3.8, 4) is 6.07 Å². The second kappa shape index (κ2) is 5.95. The van der Waals surface area contributed by atoms with E-state index in [1.807, 2.05) is 6.07 Å². The third kappa shape index (κ3) is 2.86. The van der Waals surface area contributed by atoms with Gasteiger partial charge in [-0.2, -0.15) is 5.26 Å². The molecule has 4 N–H and O–H groups in total. The van der Waals surface area contributed by atoms with Gasteiger partial charge >= 0.3 is 0 Å². The Bertz CT molecular complexity index is 381. The van der Waals surface area contributed by atoms with Crippen molar-refractivity contribution in [3.05, 3.63) is 23.8 Å². The number of nitrogens with zero attached hydrogens (tertiary/aromatic N) is 2. The summed E-state index contributed by atoms with van der Waals surface area (Å²) in [5, 5.41) is 26.8. The highest BCUT2D eigenvalue weighted by Crippen LogP contribution is 2.22. The van der Waals surface area contributed by atoms with E-state index in [4.69, 9.17) is 21.2 Å². The lowest BCUT2D eigenvalue weighted by molar-refractivity contribution is 0.281. The first-order chi connectivity index (χ1) is 7.72. The van der Waals surface area contributed by atoms with E-state index in [-0.39, 0.29) is 13.2 Å². The average Bonchev–Trinajstić information content (AvgIpc) is 2.28. The van der Waals surface area contributed by atoms with E-state index < -0.39 is 0 Å². The number of hydrogen-bond acceptors (Lipinski definition) is 5. The molecule has 0 aliphatic heterocycles. The summed E-state index contributed by atoms with van der Waals surface area (Å²) in [6, 6.07) is 7.04. The van der Waals surface area contributed by atoms with E-state index in [1.54, 1.807) is 23.1 Å². The van der Waals surface area contributed by atoms with Gasteiger partial charge in [-0.25, -0.2) is 0 Å². The lowest BCUT2D eigenvalue weighted by atomic mass is 10.1. The van der Waals surface area contributed by atoms with Crippen LogP contribution in [0.25, 0.3) is 0 Å². The van der Waals surface area contributed by atoms with Crippen LogP contribution in [0.3, 0.4) is 0 Å². The molecule has 0 aliphatic rings. The van der Waals surface area contributed by atoms with E-state index in [1.165, 1.54) is 0 Å². The summed E-state index contributed by atoms with van der Waals surface area (Å²) >= 11 is 0. The van der Waals surface area contributed by atoms with Crippen molar-refractivity contribution in [2.75, 3.05) is 36.9 Å². The molecule has 5 nitrogen and oxygen atoms in total. The third-order valence-corrected chi connectivity index (χ3v) is 2.22. The fraction of sp³-hybridized carbons (Fsp3) is 0.364. The number of hydrogen-bond donors (Lipinski definition) is 3. The van der Waals surface area contributed by atoms with Crippen molar-refractivity contribution in [1.29, 1.82) is 5.26 Å². The van der Waals surface area contributed by atoms with Crippen LogP contribution in [0.15, 0.2) is 18.2 Å². The molecule has 1 aromatic carbocycles. The molecular formula is C11H15N3O2. The van der Waals surface area contributed by atoms with Gasteiger partial charge in [0, 0.05) is 18.8 Å². The largest absolute Gasteiger partial charge is 0.399 e. The lowest BCUT2D eigenvalue weighted by Crippen LogP contribution is -2.30. The summed E-state index contributed by atoms with van der Waals surface area (Å²) in [5.41, 5.74) is 7.23. The zero-order valence-electron chi connectivity index (χ0n) is 8.93. The maximum Gasteiger partial charge on any atom is 0.101 e. The summed E-state index contributed by atoms with van der Waals surface area (Å²) in [6.45, 7) is 0.683. The number of nitrogens with two attached hydrogens (primary N) is 1. The average molecular weight is 221 g/mol. The highest BCUT2D eigenvalue weighted by atomic mass is 16.3. The van der Waals surface area contributed by atoms with Gasteiger partial charge in [-0.15, -0.1) is 0 Å². The first-order valence-corrected chi connectivity index (χ1v) is 4.99. The minimum atomic E-state index is -0.0325. The Morgan fingerprint density at radius 1 is 1.25 bits per heavy atom. The number of anilines is 2. The standard InChI is InChI=1S/C11H15N3O2/c12-8-9-7-10(13)1-2-11(9)14(3-5-15)4-6-16/h1-2,7,15-16H,3-6,13H2. The molecule has 0 amide bonds. The van der Waals surface area contributed by atoms with Crippen LogP contribution in [0.2, 0.25) is 0 Å². The van der Waals surface area contributed by atoms with Crippen molar-refractivity contribution >= 4 is 11.4 Å². The normalized spacial score (nSPS) is 9.81. The molecule has 0 saturated carbocycles. The lowest BCUT2D eigenvalue weighted by Gasteiger charge is -2.24. The van der Waals surface area contributed by atoms with E-state index in [9.17, 15) is 0 Å². The first-order valence-electron chi connectivity index (χ1n) is 4.99. The zero-order chi connectivity index (χ0) is 12.0. The van der Waals surface area contributed by atoms with Crippen LogP contribution in [-0.4, -0.2) is 36.5 Å². The van der Waals surface area contributed by atoms with Crippen molar-refractivity contribution in [2.45, 2.75) is 0 Å². The molecule has 86 valence electrons. The van der Waals surface area contributed by atoms with Gasteiger partial charge in [0.1, 0.15) is 6.07 Å². The Morgan fingerprint density at radius 3 is 2.38 bits per heavy atom. The predicted molar refractivity (Wildman–Crippen MR) is 62.0 cm³/mol. The van der Waals surface area contributed by atoms with Gasteiger partial charge in [0.25, 0.3) is 0 Å². The maximum atomic E-state index is 8.97. The Kier molecular flexibility index (Phi) is 4.58. The monoisotopic (exact) mass is 221 g/mol. The molecule has 0 heterocycles. The van der Waals surface area contributed by atoms with Crippen LogP contribution in [0.4, 0.5) is 11.4 Å². The molecule has 0 saturated heterocycles. The van der Waals surface area contributed by atoms with E-state index in [0.29, 0.717) is 30.0 Å². The Hall–Kier alpha value is -1.77. The summed E-state index contributed by atoms with van der Waals surface area (Å²) in [6.07, 6.45) is 0. The number of benzene rings is 1. The zero-order valence-corrected chi connectivity index (χ0v) is 8.93. The summed E-state index contributed by atoms with van der Waals surface area (Å²) in [4.78, 5) is 1.75. The second-order valence-electron chi connectivity index (χ2n) is 3.32. The van der Waals surface area contributed by atoms with Crippen LogP contribution in [0.5, 0.6) is 0 Å². The third-order valence-electron chi connectivity index (χ3n) is 2.22. The fourth-order valence-electron chi connectivity index (χ4n) is 1.51. The van der Waals surface area contributed by atoms with E-state index in [0.717, 1.165) is 0 Å². The summed E-state index contributed by atoms with van der Waals surface area (Å²) < 4.78 is 0. The summed E-state index contributed by atoms with van der Waals surface area (Å²) in [7, 11) is 0. The quantitative estimate of drug-likeness (QED) is 0.605. The van der Waals surface area contributed by atoms with Crippen LogP contribution >= 0.6 is 0 Å². The molecule has 1 aromatic rings. The first kappa shape index (κ1) is 12.3. The Balaban J connectivity index is 3.03. The van der Waals surface area contributed by atoms with Gasteiger partial charge in [0.05, 0.1) is 24.5 Å². The molecular weight excluding hydrogens is 206 g/mol. The number of aliphatic hydroxyl groups is 2. The van der Waals surface area contributed by atoms with Crippen molar-refractivity contribution in [2.24, 2.45) is 0 Å². The van der Waals surface area contributed by atoms with Crippen LogP contribution in [0.1, 0.15) is 5.56 Å². The number of nitrogen functional groups attached to an aromatic ring is 1. The van der Waals surface area contributed by atoms with Gasteiger partial charge < -0.3 is 20.8 Å². The van der Waals surface area contributed by atoms with E-state index in [2.05, 4.69) is 0 Å². The van der Waals surface area contributed by atoms with Gasteiger partial charge in [-0.05, 0) is 18.2 Å². The van der Waals surface area contributed by atoms with Gasteiger partial charge in [0.2, 0.25) is 0 Å². The molecule has 0 radical (unpaired) electrons. The highest BCUT2D eigenvalue weighted by molar-refractivity contribution is 5.64. The highest BCUT2D eigenvalue weighted by Gasteiger charge is 2.10. The Morgan fingerprint density at radius 2 is 1.88 bits per heavy atom. The summed E-state index contributed by atoms with van der Waals surface area (Å²) in [5.74, 6) is 0. The Labute approximate surface area is 94.3 Å². The molecule has 1 rings (SSSR count). The molecule has 0 spiro atoms. The second-order valence-corrected chi connectivity index (χ2v) is 3.32. The van der Waals surface area contributed by atoms with Crippen molar-refractivity contribution in [1.82, 2.24) is 0 Å². The molecule has 0 bridgehead atoms. The van der Waals surface area contributed by atoms with Crippen LogP contribution in [-0.2, 0) is 0 Å².